The third-order valence-corrected chi connectivity index (χ3v) is 5.21. The second-order valence-corrected chi connectivity index (χ2v) is 7.19. The number of nitrogens with one attached hydrogen (secondary N) is 1. The van der Waals surface area contributed by atoms with Gasteiger partial charge in [-0.1, -0.05) is 37.3 Å². The average Bonchev–Trinajstić information content (AvgIpc) is 3.03. The fourth-order valence-corrected chi connectivity index (χ4v) is 3.35. The van der Waals surface area contributed by atoms with E-state index in [2.05, 4.69) is 65.3 Å². The number of nitrogens with zero attached hydrogens (tertiary/aromatic N) is 3. The van der Waals surface area contributed by atoms with E-state index in [4.69, 9.17) is 4.74 Å². The maximum absolute atomic E-state index is 11.9. The number of guanidine groups is 1. The summed E-state index contributed by atoms with van der Waals surface area (Å²) in [6, 6.07) is 10.8. The monoisotopic (exact) mass is 360 g/mol. The lowest BCUT2D eigenvalue weighted by Gasteiger charge is -2.28. The molecule has 0 aliphatic carbocycles. The van der Waals surface area contributed by atoms with E-state index in [-0.39, 0.29) is 17.8 Å². The van der Waals surface area contributed by atoms with Crippen LogP contribution in [-0.2, 0) is 16.1 Å². The van der Waals surface area contributed by atoms with Crippen LogP contribution in [0.4, 0.5) is 0 Å². The Morgan fingerprint density at radius 3 is 2.69 bits per heavy atom. The van der Waals surface area contributed by atoms with Crippen molar-refractivity contribution in [3.05, 3.63) is 35.9 Å². The van der Waals surface area contributed by atoms with Gasteiger partial charge in [-0.25, -0.2) is 0 Å². The van der Waals surface area contributed by atoms with E-state index in [0.29, 0.717) is 12.6 Å². The molecule has 6 nitrogen and oxygen atoms in total. The number of esters is 1. The molecule has 6 heteroatoms. The molecule has 1 heterocycles. The van der Waals surface area contributed by atoms with Crippen molar-refractivity contribution in [1.29, 1.82) is 0 Å². The lowest BCUT2D eigenvalue weighted by atomic mass is 9.99. The van der Waals surface area contributed by atoms with Crippen molar-refractivity contribution in [2.75, 3.05) is 40.8 Å². The molecule has 1 aliphatic heterocycles. The van der Waals surface area contributed by atoms with Crippen LogP contribution in [0.3, 0.4) is 0 Å². The van der Waals surface area contributed by atoms with E-state index < -0.39 is 0 Å². The molecular formula is C20H32N4O2. The van der Waals surface area contributed by atoms with Crippen LogP contribution in [0.15, 0.2) is 35.3 Å². The zero-order valence-electron chi connectivity index (χ0n) is 16.6. The van der Waals surface area contributed by atoms with Gasteiger partial charge in [0.1, 0.15) is 0 Å². The summed E-state index contributed by atoms with van der Waals surface area (Å²) >= 11 is 0. The lowest BCUT2D eigenvalue weighted by Crippen LogP contribution is -2.46. The molecule has 0 saturated carbocycles. The van der Waals surface area contributed by atoms with E-state index in [0.717, 1.165) is 25.6 Å². The molecule has 0 amide bonds. The molecule has 0 aromatic heterocycles. The second-order valence-electron chi connectivity index (χ2n) is 7.19. The van der Waals surface area contributed by atoms with Crippen LogP contribution in [0.2, 0.25) is 0 Å². The van der Waals surface area contributed by atoms with Crippen LogP contribution in [0, 0.1) is 11.8 Å². The van der Waals surface area contributed by atoms with Crippen molar-refractivity contribution in [3.63, 3.8) is 0 Å². The van der Waals surface area contributed by atoms with Crippen LogP contribution in [-0.4, -0.2) is 68.6 Å². The molecule has 26 heavy (non-hydrogen) atoms. The highest BCUT2D eigenvalue weighted by molar-refractivity contribution is 5.82. The standard InChI is InChI=1S/C20H32N4O2/c1-15-12-24(14-18(15)19(25)26-5)20(21-3)22-11-16(2)23(4)13-17-9-7-6-8-10-17/h6-10,15-16,18H,11-14H2,1-5H3,(H,21,22). The first-order valence-corrected chi connectivity index (χ1v) is 9.23. The quantitative estimate of drug-likeness (QED) is 0.476. The molecule has 2 rings (SSSR count). The van der Waals surface area contributed by atoms with E-state index in [9.17, 15) is 4.79 Å². The molecule has 0 radical (unpaired) electrons. The molecule has 1 aromatic carbocycles. The van der Waals surface area contributed by atoms with Gasteiger partial charge in [-0.2, -0.15) is 0 Å². The Morgan fingerprint density at radius 1 is 1.38 bits per heavy atom. The molecule has 1 N–H and O–H groups in total. The molecule has 3 atom stereocenters. The van der Waals surface area contributed by atoms with Crippen molar-refractivity contribution >= 4 is 11.9 Å². The van der Waals surface area contributed by atoms with Gasteiger partial charge >= 0.3 is 5.97 Å². The Hall–Kier alpha value is -2.08. The maximum atomic E-state index is 11.9. The minimum absolute atomic E-state index is 0.0864. The van der Waals surface area contributed by atoms with Gasteiger partial charge in [-0.3, -0.25) is 14.7 Å². The third kappa shape index (κ3) is 5.21. The van der Waals surface area contributed by atoms with Gasteiger partial charge in [0.25, 0.3) is 0 Å². The smallest absolute Gasteiger partial charge is 0.310 e. The summed E-state index contributed by atoms with van der Waals surface area (Å²) in [5, 5.41) is 3.46. The summed E-state index contributed by atoms with van der Waals surface area (Å²) in [4.78, 5) is 20.8. The number of hydrogen-bond donors (Lipinski definition) is 1. The largest absolute Gasteiger partial charge is 0.469 e. The van der Waals surface area contributed by atoms with E-state index in [1.54, 1.807) is 7.05 Å². The summed E-state index contributed by atoms with van der Waals surface area (Å²) in [6.07, 6.45) is 0. The van der Waals surface area contributed by atoms with Gasteiger partial charge < -0.3 is 15.0 Å². The second kappa shape index (κ2) is 9.57. The van der Waals surface area contributed by atoms with Crippen LogP contribution >= 0.6 is 0 Å². The van der Waals surface area contributed by atoms with Gasteiger partial charge in [0.2, 0.25) is 0 Å². The summed E-state index contributed by atoms with van der Waals surface area (Å²) in [7, 11) is 5.37. The highest BCUT2D eigenvalue weighted by Crippen LogP contribution is 2.24. The van der Waals surface area contributed by atoms with E-state index in [1.165, 1.54) is 12.7 Å². The van der Waals surface area contributed by atoms with Crippen molar-refractivity contribution in [3.8, 4) is 0 Å². The van der Waals surface area contributed by atoms with E-state index in [1.807, 2.05) is 6.07 Å². The molecule has 1 aliphatic rings. The molecule has 144 valence electrons. The minimum atomic E-state index is -0.133. The molecule has 1 fully saturated rings. The Labute approximate surface area is 157 Å². The van der Waals surface area contributed by atoms with Crippen molar-refractivity contribution < 1.29 is 9.53 Å². The number of aliphatic imine (C=N–C) groups is 1. The SMILES string of the molecule is CN=C(NCC(C)N(C)Cc1ccccc1)N1CC(C)C(C(=O)OC)C1. The van der Waals surface area contributed by atoms with Crippen molar-refractivity contribution in [2.45, 2.75) is 26.4 Å². The highest BCUT2D eigenvalue weighted by atomic mass is 16.5. The maximum Gasteiger partial charge on any atom is 0.310 e. The first-order chi connectivity index (χ1) is 12.5. The van der Waals surface area contributed by atoms with Gasteiger partial charge in [-0.05, 0) is 25.5 Å². The first kappa shape index (κ1) is 20.2. The predicted molar refractivity (Wildman–Crippen MR) is 105 cm³/mol. The number of ether oxygens (including phenoxy) is 1. The number of likely N-dealkylation sites (N-methyl/N-ethyl adjacent to an activating group) is 1. The van der Waals surface area contributed by atoms with E-state index >= 15 is 0 Å². The molecule has 0 bridgehead atoms. The minimum Gasteiger partial charge on any atom is -0.469 e. The topological polar surface area (TPSA) is 57.2 Å². The van der Waals surface area contributed by atoms with Gasteiger partial charge in [-0.15, -0.1) is 0 Å². The van der Waals surface area contributed by atoms with Gasteiger partial charge in [0, 0.05) is 39.3 Å². The summed E-state index contributed by atoms with van der Waals surface area (Å²) in [5.74, 6) is 0.894. The molecule has 1 aromatic rings. The molecule has 3 unspecified atom stereocenters. The summed E-state index contributed by atoms with van der Waals surface area (Å²) < 4.78 is 4.92. The molecule has 1 saturated heterocycles. The Balaban J connectivity index is 1.85. The molecular weight excluding hydrogens is 328 g/mol. The third-order valence-electron chi connectivity index (χ3n) is 5.21. The zero-order valence-corrected chi connectivity index (χ0v) is 16.6. The number of benzene rings is 1. The fraction of sp³-hybridized carbons (Fsp3) is 0.600. The number of carbonyl (C=O) groups excluding carboxylic acids is 1. The Bertz CT molecular complexity index is 605. The van der Waals surface area contributed by atoms with Crippen LogP contribution in [0.5, 0.6) is 0 Å². The lowest BCUT2D eigenvalue weighted by molar-refractivity contribution is -0.145. The summed E-state index contributed by atoms with van der Waals surface area (Å²) in [5.41, 5.74) is 1.31. The predicted octanol–water partition coefficient (Wildman–Crippen LogP) is 1.82. The first-order valence-electron chi connectivity index (χ1n) is 9.23. The normalized spacial score (nSPS) is 21.8. The zero-order chi connectivity index (χ0) is 19.1. The number of carbonyl (C=O) groups is 1. The van der Waals surface area contributed by atoms with Gasteiger partial charge in [0.05, 0.1) is 13.0 Å². The highest BCUT2D eigenvalue weighted by Gasteiger charge is 2.36. The Morgan fingerprint density at radius 2 is 2.08 bits per heavy atom. The average molecular weight is 361 g/mol. The van der Waals surface area contributed by atoms with Crippen LogP contribution in [0.1, 0.15) is 19.4 Å². The Kier molecular flexibility index (Phi) is 7.45. The number of hydrogen-bond acceptors (Lipinski definition) is 4. The van der Waals surface area contributed by atoms with Crippen molar-refractivity contribution in [2.24, 2.45) is 16.8 Å². The molecule has 0 spiro atoms. The fourth-order valence-electron chi connectivity index (χ4n) is 3.35. The van der Waals surface area contributed by atoms with Crippen molar-refractivity contribution in [1.82, 2.24) is 15.1 Å². The van der Waals surface area contributed by atoms with Gasteiger partial charge in [0.15, 0.2) is 5.96 Å². The number of likely N-dealkylation sites (tertiary alicyclic amines) is 1. The summed E-state index contributed by atoms with van der Waals surface area (Å²) in [6.45, 7) is 7.46. The van der Waals surface area contributed by atoms with Crippen LogP contribution in [0.25, 0.3) is 0 Å². The van der Waals surface area contributed by atoms with Crippen LogP contribution < -0.4 is 5.32 Å². The number of methoxy groups -OCH3 is 1. The number of rotatable bonds is 6.